The molecule has 0 radical (unpaired) electrons. The predicted molar refractivity (Wildman–Crippen MR) is 142 cm³/mol. The summed E-state index contributed by atoms with van der Waals surface area (Å²) in [6.45, 7) is 9.19. The molecule has 0 aliphatic heterocycles. The Labute approximate surface area is 198 Å². The highest BCUT2D eigenvalue weighted by molar-refractivity contribution is 5.95. The van der Waals surface area contributed by atoms with Gasteiger partial charge in [-0.15, -0.1) is 0 Å². The highest BCUT2D eigenvalue weighted by Crippen LogP contribution is 2.47. The van der Waals surface area contributed by atoms with Crippen LogP contribution in [0.3, 0.4) is 0 Å². The minimum atomic E-state index is 0.450. The molecule has 164 valence electrons. The van der Waals surface area contributed by atoms with Crippen LogP contribution in [0.2, 0.25) is 0 Å². The van der Waals surface area contributed by atoms with Gasteiger partial charge in [0, 0.05) is 0 Å². The Hall–Kier alpha value is -3.38. The van der Waals surface area contributed by atoms with Gasteiger partial charge in [-0.05, 0) is 87.2 Å². The first kappa shape index (κ1) is 21.5. The van der Waals surface area contributed by atoms with Gasteiger partial charge in [0.15, 0.2) is 0 Å². The Kier molecular flexibility index (Phi) is 6.01. The zero-order valence-electron chi connectivity index (χ0n) is 19.8. The number of hydrogen-bond acceptors (Lipinski definition) is 0. The van der Waals surface area contributed by atoms with Crippen LogP contribution in [0.1, 0.15) is 41.7 Å². The maximum Gasteiger partial charge on any atom is -0.00274 e. The van der Waals surface area contributed by atoms with Gasteiger partial charge in [-0.2, -0.15) is 0 Å². The maximum absolute atomic E-state index is 4.68. The van der Waals surface area contributed by atoms with Gasteiger partial charge in [0.1, 0.15) is 0 Å². The van der Waals surface area contributed by atoms with E-state index in [1.807, 2.05) is 0 Å². The van der Waals surface area contributed by atoms with Crippen LogP contribution in [0.15, 0.2) is 97.6 Å². The van der Waals surface area contributed by atoms with E-state index >= 15 is 0 Å². The molecule has 1 atom stereocenters. The fourth-order valence-corrected chi connectivity index (χ4v) is 5.43. The molecule has 0 saturated carbocycles. The lowest BCUT2D eigenvalue weighted by Gasteiger charge is -2.18. The SMILES string of the molecule is C=C1c2c(ccc(-c3ccccc3)c2-c2ccccc2)CC1Cc1ccc(CC)cc1CC. The Morgan fingerprint density at radius 2 is 1.39 bits per heavy atom. The number of allylic oxidation sites excluding steroid dienone is 1. The van der Waals surface area contributed by atoms with Gasteiger partial charge < -0.3 is 0 Å². The van der Waals surface area contributed by atoms with Crippen molar-refractivity contribution in [2.24, 2.45) is 5.92 Å². The van der Waals surface area contributed by atoms with Gasteiger partial charge >= 0.3 is 0 Å². The van der Waals surface area contributed by atoms with Crippen molar-refractivity contribution in [2.75, 3.05) is 0 Å². The minimum Gasteiger partial charge on any atom is -0.0949 e. The monoisotopic (exact) mass is 428 g/mol. The van der Waals surface area contributed by atoms with Crippen LogP contribution < -0.4 is 0 Å². The van der Waals surface area contributed by atoms with Crippen molar-refractivity contribution in [3.05, 3.63) is 125 Å². The first-order valence-corrected chi connectivity index (χ1v) is 12.3. The standard InChI is InChI=1S/C33H32/c1-4-24-16-17-28(25(5-2)20-24)21-30-22-29-18-19-31(26-12-8-6-9-13-26)33(32(29)23(30)3)27-14-10-7-11-15-27/h6-20,30H,3-5,21-22H2,1-2H3. The predicted octanol–water partition coefficient (Wildman–Crippen LogP) is 8.57. The molecule has 0 heteroatoms. The molecule has 0 bridgehead atoms. The number of aryl methyl sites for hydroxylation is 2. The fourth-order valence-electron chi connectivity index (χ4n) is 5.43. The summed E-state index contributed by atoms with van der Waals surface area (Å²) in [5.74, 6) is 0.450. The number of hydrogen-bond donors (Lipinski definition) is 0. The molecule has 0 amide bonds. The normalized spacial score (nSPS) is 15.0. The van der Waals surface area contributed by atoms with Crippen LogP contribution in [0.25, 0.3) is 27.8 Å². The van der Waals surface area contributed by atoms with E-state index in [1.165, 1.54) is 55.6 Å². The molecule has 0 N–H and O–H groups in total. The molecule has 1 unspecified atom stereocenters. The lowest BCUT2D eigenvalue weighted by atomic mass is 9.86. The second kappa shape index (κ2) is 9.24. The van der Waals surface area contributed by atoms with Gasteiger partial charge in [-0.1, -0.05) is 111 Å². The van der Waals surface area contributed by atoms with Crippen LogP contribution in [0.4, 0.5) is 0 Å². The largest absolute Gasteiger partial charge is 0.0949 e. The molecule has 0 heterocycles. The molecule has 4 aromatic carbocycles. The zero-order valence-corrected chi connectivity index (χ0v) is 19.8. The molecule has 0 spiro atoms. The number of benzene rings is 4. The topological polar surface area (TPSA) is 0 Å². The third-order valence-corrected chi connectivity index (χ3v) is 7.25. The van der Waals surface area contributed by atoms with Crippen molar-refractivity contribution in [2.45, 2.75) is 39.5 Å². The average Bonchev–Trinajstić information content (AvgIpc) is 3.19. The summed E-state index contributed by atoms with van der Waals surface area (Å²) in [5.41, 5.74) is 13.7. The van der Waals surface area contributed by atoms with E-state index in [2.05, 4.69) is 111 Å². The molecule has 0 nitrogen and oxygen atoms in total. The van der Waals surface area contributed by atoms with E-state index in [9.17, 15) is 0 Å². The van der Waals surface area contributed by atoms with Crippen LogP contribution in [0, 0.1) is 5.92 Å². The van der Waals surface area contributed by atoms with Crippen molar-refractivity contribution in [3.63, 3.8) is 0 Å². The van der Waals surface area contributed by atoms with Crippen molar-refractivity contribution in [1.82, 2.24) is 0 Å². The summed E-state index contributed by atoms with van der Waals surface area (Å²) in [5, 5.41) is 0. The average molecular weight is 429 g/mol. The Bertz CT molecular complexity index is 1280. The third kappa shape index (κ3) is 4.07. The second-order valence-corrected chi connectivity index (χ2v) is 9.19. The minimum absolute atomic E-state index is 0.450. The van der Waals surface area contributed by atoms with Crippen molar-refractivity contribution in [1.29, 1.82) is 0 Å². The maximum atomic E-state index is 4.68. The number of fused-ring (bicyclic) bond motifs is 1. The molecule has 0 aromatic heterocycles. The van der Waals surface area contributed by atoms with E-state index < -0.39 is 0 Å². The van der Waals surface area contributed by atoms with Crippen LogP contribution in [-0.2, 0) is 25.7 Å². The third-order valence-electron chi connectivity index (χ3n) is 7.25. The highest BCUT2D eigenvalue weighted by atomic mass is 14.3. The van der Waals surface area contributed by atoms with Crippen molar-refractivity contribution >= 4 is 5.57 Å². The zero-order chi connectivity index (χ0) is 22.8. The van der Waals surface area contributed by atoms with E-state index in [0.717, 1.165) is 25.7 Å². The lowest BCUT2D eigenvalue weighted by molar-refractivity contribution is 0.685. The number of rotatable bonds is 6. The fraction of sp³-hybridized carbons (Fsp3) is 0.212. The molecular formula is C33H32. The summed E-state index contributed by atoms with van der Waals surface area (Å²) < 4.78 is 0. The van der Waals surface area contributed by atoms with Crippen LogP contribution in [0.5, 0.6) is 0 Å². The summed E-state index contributed by atoms with van der Waals surface area (Å²) in [6, 6.07) is 33.4. The molecule has 0 saturated heterocycles. The molecule has 33 heavy (non-hydrogen) atoms. The van der Waals surface area contributed by atoms with Gasteiger partial charge in [0.2, 0.25) is 0 Å². The van der Waals surface area contributed by atoms with Crippen molar-refractivity contribution < 1.29 is 0 Å². The molecule has 4 aromatic rings. The Balaban J connectivity index is 1.58. The van der Waals surface area contributed by atoms with E-state index in [-0.39, 0.29) is 0 Å². The first-order valence-electron chi connectivity index (χ1n) is 12.3. The van der Waals surface area contributed by atoms with Gasteiger partial charge in [-0.3, -0.25) is 0 Å². The summed E-state index contributed by atoms with van der Waals surface area (Å²) >= 11 is 0. The first-order chi connectivity index (χ1) is 16.2. The van der Waals surface area contributed by atoms with E-state index in [4.69, 9.17) is 0 Å². The highest BCUT2D eigenvalue weighted by Gasteiger charge is 2.30. The van der Waals surface area contributed by atoms with Gasteiger partial charge in [0.05, 0.1) is 0 Å². The second-order valence-electron chi connectivity index (χ2n) is 9.19. The molecule has 0 fully saturated rings. The summed E-state index contributed by atoms with van der Waals surface area (Å²) in [7, 11) is 0. The summed E-state index contributed by atoms with van der Waals surface area (Å²) in [4.78, 5) is 0. The van der Waals surface area contributed by atoms with Crippen LogP contribution >= 0.6 is 0 Å². The van der Waals surface area contributed by atoms with E-state index in [1.54, 1.807) is 0 Å². The van der Waals surface area contributed by atoms with Gasteiger partial charge in [0.25, 0.3) is 0 Å². The Morgan fingerprint density at radius 3 is 2.06 bits per heavy atom. The quantitative estimate of drug-likeness (QED) is 0.288. The Morgan fingerprint density at radius 1 is 0.697 bits per heavy atom. The smallest absolute Gasteiger partial charge is 0.00274 e. The molecule has 1 aliphatic carbocycles. The molecule has 1 aliphatic rings. The van der Waals surface area contributed by atoms with Gasteiger partial charge in [-0.25, -0.2) is 0 Å². The molecule has 5 rings (SSSR count). The van der Waals surface area contributed by atoms with Crippen molar-refractivity contribution in [3.8, 4) is 22.3 Å². The molecular weight excluding hydrogens is 396 g/mol. The summed E-state index contributed by atoms with van der Waals surface area (Å²) in [6.07, 6.45) is 4.32. The lowest BCUT2D eigenvalue weighted by Crippen LogP contribution is -2.06. The van der Waals surface area contributed by atoms with E-state index in [0.29, 0.717) is 5.92 Å². The van der Waals surface area contributed by atoms with Crippen LogP contribution in [-0.4, -0.2) is 0 Å².